The minimum absolute atomic E-state index is 0.208. The Balaban J connectivity index is 1.90. The summed E-state index contributed by atoms with van der Waals surface area (Å²) in [6.45, 7) is 13.9. The summed E-state index contributed by atoms with van der Waals surface area (Å²) in [7, 11) is -1.74. The molecule has 1 aromatic heterocycles. The van der Waals surface area contributed by atoms with Crippen molar-refractivity contribution in [3.8, 4) is 0 Å². The van der Waals surface area contributed by atoms with Crippen LogP contribution in [0.4, 0.5) is 0 Å². The molecule has 1 heterocycles. The van der Waals surface area contributed by atoms with Crippen LogP contribution in [0.1, 0.15) is 58.2 Å². The van der Waals surface area contributed by atoms with Crippen molar-refractivity contribution < 1.29 is 8.84 Å². The highest BCUT2D eigenvalue weighted by Gasteiger charge is 2.37. The van der Waals surface area contributed by atoms with Gasteiger partial charge in [0.2, 0.25) is 11.8 Å². The molecule has 0 aliphatic heterocycles. The molecule has 0 bridgehead atoms. The molecule has 1 fully saturated rings. The Hall–Kier alpha value is -0.683. The van der Waals surface area contributed by atoms with Gasteiger partial charge < -0.3 is 8.84 Å². The topological polar surface area (TPSA) is 48.2 Å². The predicted molar refractivity (Wildman–Crippen MR) is 77.4 cm³/mol. The van der Waals surface area contributed by atoms with Gasteiger partial charge in [-0.1, -0.05) is 27.7 Å². The van der Waals surface area contributed by atoms with Crippen molar-refractivity contribution in [1.29, 1.82) is 0 Å². The maximum Gasteiger partial charge on any atom is 0.240 e. The van der Waals surface area contributed by atoms with Gasteiger partial charge in [0.05, 0.1) is 0 Å². The molecule has 1 saturated carbocycles. The lowest BCUT2D eigenvalue weighted by Crippen LogP contribution is -2.40. The summed E-state index contributed by atoms with van der Waals surface area (Å²) < 4.78 is 11.8. The average Bonchev–Trinajstić information content (AvgIpc) is 2.69. The summed E-state index contributed by atoms with van der Waals surface area (Å²) in [5, 5.41) is 8.47. The Labute approximate surface area is 117 Å². The van der Waals surface area contributed by atoms with Crippen LogP contribution in [0.3, 0.4) is 0 Å². The van der Waals surface area contributed by atoms with E-state index in [9.17, 15) is 0 Å². The SMILES string of the molecule is CC(C)(C)[Si](C)(C)OCc1nnc([C@H]2C[C@H](C)C2)o1. The second-order valence-electron chi connectivity index (χ2n) is 7.36. The number of nitrogens with zero attached hydrogens (tertiary/aromatic N) is 2. The van der Waals surface area contributed by atoms with Crippen LogP contribution >= 0.6 is 0 Å². The van der Waals surface area contributed by atoms with Gasteiger partial charge in [0.15, 0.2) is 8.32 Å². The molecule has 1 aliphatic rings. The molecule has 0 aromatic carbocycles. The first-order valence-corrected chi connectivity index (χ1v) is 10.1. The van der Waals surface area contributed by atoms with Crippen molar-refractivity contribution in [2.45, 2.75) is 71.2 Å². The third-order valence-corrected chi connectivity index (χ3v) is 9.05. The zero-order valence-corrected chi connectivity index (χ0v) is 14.0. The highest BCUT2D eigenvalue weighted by molar-refractivity contribution is 6.74. The molecular formula is C14H26N2O2Si. The lowest BCUT2D eigenvalue weighted by Gasteiger charge is -2.35. The van der Waals surface area contributed by atoms with Crippen molar-refractivity contribution >= 4 is 8.32 Å². The molecule has 5 heteroatoms. The van der Waals surface area contributed by atoms with E-state index >= 15 is 0 Å². The minimum Gasteiger partial charge on any atom is -0.423 e. The fourth-order valence-electron chi connectivity index (χ4n) is 2.05. The van der Waals surface area contributed by atoms with Crippen LogP contribution in [0.5, 0.6) is 0 Å². The lowest BCUT2D eigenvalue weighted by atomic mass is 9.76. The van der Waals surface area contributed by atoms with E-state index in [1.807, 2.05) is 0 Å². The quantitative estimate of drug-likeness (QED) is 0.780. The Kier molecular flexibility index (Phi) is 3.89. The van der Waals surface area contributed by atoms with Crippen molar-refractivity contribution in [3.63, 3.8) is 0 Å². The minimum atomic E-state index is -1.74. The predicted octanol–water partition coefficient (Wildman–Crippen LogP) is 4.10. The van der Waals surface area contributed by atoms with Gasteiger partial charge in [-0.15, -0.1) is 10.2 Å². The molecular weight excluding hydrogens is 256 g/mol. The highest BCUT2D eigenvalue weighted by Crippen LogP contribution is 2.40. The average molecular weight is 282 g/mol. The molecule has 0 N–H and O–H groups in total. The number of hydrogen-bond acceptors (Lipinski definition) is 4. The molecule has 0 atom stereocenters. The molecule has 0 unspecified atom stereocenters. The normalized spacial score (nSPS) is 24.3. The second kappa shape index (κ2) is 5.02. The third kappa shape index (κ3) is 3.26. The summed E-state index contributed by atoms with van der Waals surface area (Å²) in [6.07, 6.45) is 2.34. The van der Waals surface area contributed by atoms with Gasteiger partial charge in [-0.3, -0.25) is 0 Å². The summed E-state index contributed by atoms with van der Waals surface area (Å²) >= 11 is 0. The van der Waals surface area contributed by atoms with E-state index < -0.39 is 8.32 Å². The number of aromatic nitrogens is 2. The fourth-order valence-corrected chi connectivity index (χ4v) is 2.97. The molecule has 0 amide bonds. The van der Waals surface area contributed by atoms with Gasteiger partial charge in [-0.2, -0.15) is 0 Å². The summed E-state index contributed by atoms with van der Waals surface area (Å²) in [4.78, 5) is 0. The van der Waals surface area contributed by atoms with Gasteiger partial charge in [0, 0.05) is 5.92 Å². The summed E-state index contributed by atoms with van der Waals surface area (Å²) in [5.41, 5.74) is 0. The zero-order valence-electron chi connectivity index (χ0n) is 13.0. The maximum atomic E-state index is 6.09. The van der Waals surface area contributed by atoms with Crippen molar-refractivity contribution in [3.05, 3.63) is 11.8 Å². The molecule has 19 heavy (non-hydrogen) atoms. The molecule has 0 spiro atoms. The Morgan fingerprint density at radius 2 is 1.89 bits per heavy atom. The first-order valence-electron chi connectivity index (χ1n) is 7.15. The Bertz CT molecular complexity index is 431. The van der Waals surface area contributed by atoms with Crippen LogP contribution in [-0.4, -0.2) is 18.5 Å². The molecule has 0 radical (unpaired) electrons. The molecule has 0 saturated heterocycles. The van der Waals surface area contributed by atoms with E-state index in [1.165, 1.54) is 12.8 Å². The van der Waals surface area contributed by atoms with E-state index in [0.717, 1.165) is 11.8 Å². The lowest BCUT2D eigenvalue weighted by molar-refractivity contribution is 0.213. The molecule has 2 rings (SSSR count). The smallest absolute Gasteiger partial charge is 0.240 e. The van der Waals surface area contributed by atoms with Crippen molar-refractivity contribution in [2.24, 2.45) is 5.92 Å². The largest absolute Gasteiger partial charge is 0.423 e. The van der Waals surface area contributed by atoms with E-state index in [0.29, 0.717) is 18.4 Å². The van der Waals surface area contributed by atoms with E-state index in [1.54, 1.807) is 0 Å². The van der Waals surface area contributed by atoms with E-state index in [2.05, 4.69) is 51.0 Å². The molecule has 4 nitrogen and oxygen atoms in total. The van der Waals surface area contributed by atoms with Gasteiger partial charge in [0.1, 0.15) is 6.61 Å². The van der Waals surface area contributed by atoms with E-state index in [4.69, 9.17) is 8.84 Å². The summed E-state index contributed by atoms with van der Waals surface area (Å²) in [6, 6.07) is 0. The second-order valence-corrected chi connectivity index (χ2v) is 12.2. The maximum absolute atomic E-state index is 6.09. The van der Waals surface area contributed by atoms with Crippen LogP contribution in [0.25, 0.3) is 0 Å². The van der Waals surface area contributed by atoms with Crippen LogP contribution < -0.4 is 0 Å². The zero-order chi connectivity index (χ0) is 14.3. The third-order valence-electron chi connectivity index (χ3n) is 4.57. The van der Waals surface area contributed by atoms with Crippen LogP contribution in [0, 0.1) is 5.92 Å². The van der Waals surface area contributed by atoms with Gasteiger partial charge in [-0.25, -0.2) is 0 Å². The molecule has 1 aliphatic carbocycles. The van der Waals surface area contributed by atoms with Crippen molar-refractivity contribution in [2.75, 3.05) is 0 Å². The van der Waals surface area contributed by atoms with Gasteiger partial charge in [-0.05, 0) is 36.9 Å². The number of rotatable bonds is 4. The molecule has 1 aromatic rings. The van der Waals surface area contributed by atoms with E-state index in [-0.39, 0.29) is 5.04 Å². The summed E-state index contributed by atoms with van der Waals surface area (Å²) in [5.74, 6) is 2.69. The van der Waals surface area contributed by atoms with Crippen molar-refractivity contribution in [1.82, 2.24) is 10.2 Å². The van der Waals surface area contributed by atoms with Crippen LogP contribution in [0.15, 0.2) is 4.42 Å². The number of hydrogen-bond donors (Lipinski definition) is 0. The Morgan fingerprint density at radius 1 is 1.26 bits per heavy atom. The van der Waals surface area contributed by atoms with Crippen LogP contribution in [0.2, 0.25) is 18.1 Å². The highest BCUT2D eigenvalue weighted by atomic mass is 28.4. The fraction of sp³-hybridized carbons (Fsp3) is 0.857. The monoisotopic (exact) mass is 282 g/mol. The Morgan fingerprint density at radius 3 is 2.42 bits per heavy atom. The van der Waals surface area contributed by atoms with Gasteiger partial charge in [0.25, 0.3) is 0 Å². The standard InChI is InChI=1S/C14H26N2O2Si/c1-10-7-11(8-10)13-16-15-12(18-13)9-17-19(5,6)14(2,3)4/h10-11H,7-9H2,1-6H3/t10-,11-. The molecule has 108 valence electrons. The van der Waals surface area contributed by atoms with Crippen LogP contribution in [-0.2, 0) is 11.0 Å². The first kappa shape index (κ1) is 14.7. The first-order chi connectivity index (χ1) is 8.69. The van der Waals surface area contributed by atoms with Gasteiger partial charge >= 0.3 is 0 Å².